The fourth-order valence-corrected chi connectivity index (χ4v) is 1.52. The Hall–Kier alpha value is -1.90. The Balaban J connectivity index is 2.73. The summed E-state index contributed by atoms with van der Waals surface area (Å²) >= 11 is 0. The van der Waals surface area contributed by atoms with Crippen molar-refractivity contribution in [1.29, 1.82) is 0 Å². The van der Waals surface area contributed by atoms with Crippen LogP contribution in [0.25, 0.3) is 0 Å². The molecule has 1 aromatic heterocycles. The van der Waals surface area contributed by atoms with Crippen molar-refractivity contribution >= 4 is 5.91 Å². The van der Waals surface area contributed by atoms with Crippen LogP contribution < -0.4 is 11.1 Å². The van der Waals surface area contributed by atoms with Gasteiger partial charge in [-0.15, -0.1) is 0 Å². The largest absolute Gasteiger partial charge is 0.382 e. The fraction of sp³-hybridized carbons (Fsp3) is 0.429. The van der Waals surface area contributed by atoms with Gasteiger partial charge in [0.1, 0.15) is 5.69 Å². The van der Waals surface area contributed by atoms with Crippen LogP contribution in [0.2, 0.25) is 0 Å². The van der Waals surface area contributed by atoms with Gasteiger partial charge < -0.3 is 15.8 Å². The van der Waals surface area contributed by atoms with Crippen molar-refractivity contribution < 1.29 is 9.53 Å². The molecule has 0 bridgehead atoms. The molecule has 0 unspecified atom stereocenters. The molecule has 0 saturated heterocycles. The number of nitrogens with one attached hydrogen (secondary N) is 1. The smallest absolute Gasteiger partial charge is 0.270 e. The minimum absolute atomic E-state index is 0.236. The number of pyridine rings is 1. The SMILES string of the molecule is COCC(C)(C)NC(=O)c1ccc(C#CCN)cn1. The van der Waals surface area contributed by atoms with Crippen LogP contribution in [0.4, 0.5) is 0 Å². The Morgan fingerprint density at radius 1 is 1.53 bits per heavy atom. The highest BCUT2D eigenvalue weighted by atomic mass is 16.5. The van der Waals surface area contributed by atoms with Crippen LogP contribution in [-0.4, -0.2) is 36.7 Å². The van der Waals surface area contributed by atoms with Gasteiger partial charge in [-0.1, -0.05) is 11.8 Å². The lowest BCUT2D eigenvalue weighted by Crippen LogP contribution is -2.47. The maximum Gasteiger partial charge on any atom is 0.270 e. The van der Waals surface area contributed by atoms with Gasteiger partial charge in [0.2, 0.25) is 0 Å². The topological polar surface area (TPSA) is 77.2 Å². The van der Waals surface area contributed by atoms with Crippen LogP contribution in [0.5, 0.6) is 0 Å². The van der Waals surface area contributed by atoms with Crippen LogP contribution in [0.15, 0.2) is 18.3 Å². The summed E-state index contributed by atoms with van der Waals surface area (Å²) in [7, 11) is 1.59. The molecule has 102 valence electrons. The minimum Gasteiger partial charge on any atom is -0.382 e. The van der Waals surface area contributed by atoms with Crippen molar-refractivity contribution in [3.63, 3.8) is 0 Å². The zero-order valence-electron chi connectivity index (χ0n) is 11.5. The molecule has 0 atom stereocenters. The van der Waals surface area contributed by atoms with E-state index in [2.05, 4.69) is 22.1 Å². The van der Waals surface area contributed by atoms with Crippen LogP contribution >= 0.6 is 0 Å². The number of nitrogens with two attached hydrogens (primary N) is 1. The van der Waals surface area contributed by atoms with Crippen molar-refractivity contribution in [3.05, 3.63) is 29.6 Å². The summed E-state index contributed by atoms with van der Waals surface area (Å²) in [5.74, 6) is 5.34. The molecule has 0 saturated carbocycles. The average Bonchev–Trinajstić information content (AvgIpc) is 2.36. The van der Waals surface area contributed by atoms with Gasteiger partial charge in [-0.25, -0.2) is 4.98 Å². The van der Waals surface area contributed by atoms with E-state index < -0.39 is 5.54 Å². The summed E-state index contributed by atoms with van der Waals surface area (Å²) in [6.45, 7) is 4.50. The summed E-state index contributed by atoms with van der Waals surface area (Å²) in [6, 6.07) is 3.38. The first kappa shape index (κ1) is 15.2. The number of ether oxygens (including phenoxy) is 1. The van der Waals surface area contributed by atoms with Gasteiger partial charge in [-0.05, 0) is 26.0 Å². The number of methoxy groups -OCH3 is 1. The number of nitrogens with zero attached hydrogens (tertiary/aromatic N) is 1. The molecule has 3 N–H and O–H groups in total. The molecule has 5 heteroatoms. The first-order chi connectivity index (χ1) is 8.98. The average molecular weight is 261 g/mol. The van der Waals surface area contributed by atoms with Crippen molar-refractivity contribution in [2.45, 2.75) is 19.4 Å². The first-order valence-corrected chi connectivity index (χ1v) is 5.95. The highest BCUT2D eigenvalue weighted by Crippen LogP contribution is 2.05. The molecule has 1 rings (SSSR count). The van der Waals surface area contributed by atoms with Crippen LogP contribution in [-0.2, 0) is 4.74 Å². The van der Waals surface area contributed by atoms with E-state index in [0.717, 1.165) is 5.56 Å². The second-order valence-corrected chi connectivity index (χ2v) is 4.71. The van der Waals surface area contributed by atoms with E-state index in [1.165, 1.54) is 0 Å². The van der Waals surface area contributed by atoms with Crippen LogP contribution in [0.3, 0.4) is 0 Å². The second-order valence-electron chi connectivity index (χ2n) is 4.71. The summed E-state index contributed by atoms with van der Waals surface area (Å²) in [5.41, 5.74) is 5.93. The van der Waals surface area contributed by atoms with Crippen LogP contribution in [0, 0.1) is 11.8 Å². The molecule has 1 amide bonds. The van der Waals surface area contributed by atoms with Gasteiger partial charge in [-0.3, -0.25) is 4.79 Å². The number of carbonyl (C=O) groups excluding carboxylic acids is 1. The molecule has 5 nitrogen and oxygen atoms in total. The van der Waals surface area contributed by atoms with Crippen molar-refractivity contribution in [2.75, 3.05) is 20.3 Å². The number of rotatable bonds is 4. The third-order valence-electron chi connectivity index (χ3n) is 2.29. The molecule has 0 fully saturated rings. The molecule has 1 heterocycles. The van der Waals surface area contributed by atoms with E-state index in [-0.39, 0.29) is 5.91 Å². The summed E-state index contributed by atoms with van der Waals surface area (Å²) in [5, 5.41) is 2.85. The first-order valence-electron chi connectivity index (χ1n) is 5.95. The lowest BCUT2D eigenvalue weighted by molar-refractivity contribution is 0.0815. The number of hydrogen-bond acceptors (Lipinski definition) is 4. The quantitative estimate of drug-likeness (QED) is 0.776. The van der Waals surface area contributed by atoms with Gasteiger partial charge in [-0.2, -0.15) is 0 Å². The Bertz CT molecular complexity index is 484. The summed E-state index contributed by atoms with van der Waals surface area (Å²) in [6.07, 6.45) is 1.56. The Kier molecular flexibility index (Phi) is 5.49. The van der Waals surface area contributed by atoms with Crippen molar-refractivity contribution in [1.82, 2.24) is 10.3 Å². The van der Waals surface area contributed by atoms with Crippen LogP contribution in [0.1, 0.15) is 29.9 Å². The number of hydrogen-bond donors (Lipinski definition) is 2. The molecule has 0 aromatic carbocycles. The summed E-state index contributed by atoms with van der Waals surface area (Å²) < 4.78 is 5.04. The molecule has 0 aliphatic rings. The molecule has 0 radical (unpaired) electrons. The fourth-order valence-electron chi connectivity index (χ4n) is 1.52. The molecule has 0 aliphatic carbocycles. The molecular weight excluding hydrogens is 242 g/mol. The lowest BCUT2D eigenvalue weighted by atomic mass is 10.1. The van der Waals surface area contributed by atoms with Gasteiger partial charge in [0.05, 0.1) is 18.7 Å². The van der Waals surface area contributed by atoms with E-state index >= 15 is 0 Å². The number of carbonyl (C=O) groups is 1. The third-order valence-corrected chi connectivity index (χ3v) is 2.29. The van der Waals surface area contributed by atoms with Crippen molar-refractivity contribution in [3.8, 4) is 11.8 Å². The zero-order valence-corrected chi connectivity index (χ0v) is 11.5. The number of aromatic nitrogens is 1. The van der Waals surface area contributed by atoms with E-state index in [1.807, 2.05) is 13.8 Å². The minimum atomic E-state index is -0.439. The Labute approximate surface area is 113 Å². The number of amides is 1. The van der Waals surface area contributed by atoms with E-state index in [0.29, 0.717) is 18.8 Å². The molecule has 1 aromatic rings. The van der Waals surface area contributed by atoms with E-state index in [9.17, 15) is 4.79 Å². The lowest BCUT2D eigenvalue weighted by Gasteiger charge is -2.24. The highest BCUT2D eigenvalue weighted by Gasteiger charge is 2.21. The van der Waals surface area contributed by atoms with Gasteiger partial charge in [0.15, 0.2) is 0 Å². The normalized spacial score (nSPS) is 10.5. The van der Waals surface area contributed by atoms with Crippen molar-refractivity contribution in [2.24, 2.45) is 5.73 Å². The Morgan fingerprint density at radius 2 is 2.26 bits per heavy atom. The maximum absolute atomic E-state index is 12.0. The van der Waals surface area contributed by atoms with E-state index in [4.69, 9.17) is 10.5 Å². The predicted octanol–water partition coefficient (Wildman–Crippen LogP) is 0.547. The molecule has 0 spiro atoms. The molecular formula is C14H19N3O2. The maximum atomic E-state index is 12.0. The van der Waals surface area contributed by atoms with Gasteiger partial charge >= 0.3 is 0 Å². The van der Waals surface area contributed by atoms with E-state index in [1.54, 1.807) is 25.4 Å². The predicted molar refractivity (Wildman–Crippen MR) is 73.6 cm³/mol. The molecule has 19 heavy (non-hydrogen) atoms. The third kappa shape index (κ3) is 5.08. The second kappa shape index (κ2) is 6.88. The van der Waals surface area contributed by atoms with Gasteiger partial charge in [0, 0.05) is 18.9 Å². The Morgan fingerprint density at radius 3 is 2.79 bits per heavy atom. The summed E-state index contributed by atoms with van der Waals surface area (Å²) in [4.78, 5) is 16.1. The highest BCUT2D eigenvalue weighted by molar-refractivity contribution is 5.92. The van der Waals surface area contributed by atoms with Gasteiger partial charge in [0.25, 0.3) is 5.91 Å². The monoisotopic (exact) mass is 261 g/mol. The zero-order chi connectivity index (χ0) is 14.3. The molecule has 0 aliphatic heterocycles. The standard InChI is InChI=1S/C14H19N3O2/c1-14(2,10-19-3)17-13(18)12-7-6-11(9-16-12)5-4-8-15/h6-7,9H,8,10,15H2,1-3H3,(H,17,18).